The van der Waals surface area contributed by atoms with Crippen LogP contribution in [0.4, 0.5) is 13.2 Å². The van der Waals surface area contributed by atoms with Gasteiger partial charge in [-0.05, 0) is 35.4 Å². The van der Waals surface area contributed by atoms with Gasteiger partial charge in [0.05, 0.1) is 13.0 Å². The van der Waals surface area contributed by atoms with Crippen molar-refractivity contribution in [2.45, 2.75) is 58.5 Å². The molecule has 0 spiro atoms. The van der Waals surface area contributed by atoms with E-state index < -0.39 is 24.0 Å². The quantitative estimate of drug-likeness (QED) is 0.818. The fourth-order valence-electron chi connectivity index (χ4n) is 2.33. The molecule has 1 aromatic carbocycles. The third-order valence-electron chi connectivity index (χ3n) is 3.37. The summed E-state index contributed by atoms with van der Waals surface area (Å²) in [5.41, 5.74) is 0.353. The van der Waals surface area contributed by atoms with Gasteiger partial charge in [-0.3, -0.25) is 4.79 Å². The zero-order valence-electron chi connectivity index (χ0n) is 13.9. The van der Waals surface area contributed by atoms with Crippen molar-refractivity contribution in [3.05, 3.63) is 28.8 Å². The molecule has 0 aliphatic rings. The fourth-order valence-corrected chi connectivity index (χ4v) is 2.33. The molecular formula is C17H23F3O3. The molecule has 0 fully saturated rings. The number of ether oxygens (including phenoxy) is 1. The average molecular weight is 332 g/mol. The largest absolute Gasteiger partial charge is 0.507 e. The molecule has 1 N–H and O–H groups in total. The van der Waals surface area contributed by atoms with E-state index in [2.05, 4.69) is 0 Å². The Morgan fingerprint density at radius 1 is 1.22 bits per heavy atom. The number of hydrogen-bond acceptors (Lipinski definition) is 3. The van der Waals surface area contributed by atoms with Crippen LogP contribution in [0.2, 0.25) is 0 Å². The lowest BCUT2D eigenvalue weighted by Crippen LogP contribution is -2.16. The zero-order valence-corrected chi connectivity index (χ0v) is 13.9. The number of phenols is 1. The van der Waals surface area contributed by atoms with Gasteiger partial charge in [-0.15, -0.1) is 0 Å². The van der Waals surface area contributed by atoms with E-state index in [4.69, 9.17) is 4.74 Å². The molecule has 0 unspecified atom stereocenters. The average Bonchev–Trinajstić information content (AvgIpc) is 2.36. The molecule has 0 saturated carbocycles. The molecule has 0 radical (unpaired) electrons. The van der Waals surface area contributed by atoms with E-state index in [0.717, 1.165) is 0 Å². The Bertz CT molecular complexity index is 557. The van der Waals surface area contributed by atoms with Gasteiger partial charge < -0.3 is 9.84 Å². The van der Waals surface area contributed by atoms with Gasteiger partial charge in [-0.1, -0.05) is 32.9 Å². The molecule has 0 aromatic heterocycles. The molecule has 0 amide bonds. The van der Waals surface area contributed by atoms with Gasteiger partial charge in [0.2, 0.25) is 0 Å². The minimum absolute atomic E-state index is 0.0143. The van der Waals surface area contributed by atoms with Crippen molar-refractivity contribution in [3.63, 3.8) is 0 Å². The monoisotopic (exact) mass is 332 g/mol. The molecule has 23 heavy (non-hydrogen) atoms. The summed E-state index contributed by atoms with van der Waals surface area (Å²) in [7, 11) is 0. The first-order valence-corrected chi connectivity index (χ1v) is 7.51. The summed E-state index contributed by atoms with van der Waals surface area (Å²) in [6.07, 6.45) is -5.24. The van der Waals surface area contributed by atoms with Crippen LogP contribution >= 0.6 is 0 Å². The molecule has 0 saturated heterocycles. The zero-order chi connectivity index (χ0) is 17.8. The van der Waals surface area contributed by atoms with Gasteiger partial charge in [-0.25, -0.2) is 0 Å². The summed E-state index contributed by atoms with van der Waals surface area (Å²) < 4.78 is 42.9. The Labute approximate surface area is 134 Å². The Morgan fingerprint density at radius 3 is 2.30 bits per heavy atom. The summed E-state index contributed by atoms with van der Waals surface area (Å²) in [6.45, 7) is 7.36. The van der Waals surface area contributed by atoms with Crippen molar-refractivity contribution in [1.29, 1.82) is 0 Å². The van der Waals surface area contributed by atoms with Gasteiger partial charge in [-0.2, -0.15) is 13.2 Å². The Kier molecular flexibility index (Phi) is 6.08. The van der Waals surface area contributed by atoms with Crippen LogP contribution in [0.5, 0.6) is 5.75 Å². The van der Waals surface area contributed by atoms with Crippen LogP contribution in [0.1, 0.15) is 50.8 Å². The Hall–Kier alpha value is -1.72. The maximum atomic E-state index is 12.7. The van der Waals surface area contributed by atoms with Crippen LogP contribution in [0, 0.1) is 0 Å². The smallest absolute Gasteiger partial charge is 0.393 e. The number of aryl methyl sites for hydroxylation is 1. The van der Waals surface area contributed by atoms with Crippen molar-refractivity contribution in [2.24, 2.45) is 0 Å². The molecular weight excluding hydrogens is 309 g/mol. The van der Waals surface area contributed by atoms with Crippen molar-refractivity contribution in [2.75, 3.05) is 6.61 Å². The molecule has 3 nitrogen and oxygen atoms in total. The van der Waals surface area contributed by atoms with Crippen molar-refractivity contribution >= 4 is 5.97 Å². The first kappa shape index (κ1) is 19.3. The molecule has 0 aliphatic heterocycles. The lowest BCUT2D eigenvalue weighted by molar-refractivity contribution is -0.143. The van der Waals surface area contributed by atoms with E-state index in [1.807, 2.05) is 20.8 Å². The van der Waals surface area contributed by atoms with Gasteiger partial charge in [0.25, 0.3) is 0 Å². The SMILES string of the molecule is CCOC(=O)CCc1cc(CC(F)(F)F)cc(C(C)(C)C)c1O. The van der Waals surface area contributed by atoms with Crippen LogP contribution in [0.15, 0.2) is 12.1 Å². The second-order valence-electron chi connectivity index (χ2n) is 6.50. The van der Waals surface area contributed by atoms with Crippen molar-refractivity contribution in [3.8, 4) is 5.75 Å². The van der Waals surface area contributed by atoms with E-state index in [-0.39, 0.29) is 30.8 Å². The van der Waals surface area contributed by atoms with Gasteiger partial charge >= 0.3 is 12.1 Å². The van der Waals surface area contributed by atoms with E-state index in [0.29, 0.717) is 11.1 Å². The first-order valence-electron chi connectivity index (χ1n) is 7.51. The number of aromatic hydroxyl groups is 1. The van der Waals surface area contributed by atoms with Crippen LogP contribution in [0.25, 0.3) is 0 Å². The maximum absolute atomic E-state index is 12.7. The molecule has 6 heteroatoms. The van der Waals surface area contributed by atoms with Gasteiger partial charge in [0, 0.05) is 6.42 Å². The lowest BCUT2D eigenvalue weighted by atomic mass is 9.83. The van der Waals surface area contributed by atoms with Gasteiger partial charge in [0.15, 0.2) is 0 Å². The van der Waals surface area contributed by atoms with Gasteiger partial charge in [0.1, 0.15) is 5.75 Å². The first-order chi connectivity index (χ1) is 10.4. The van der Waals surface area contributed by atoms with Crippen LogP contribution in [0.3, 0.4) is 0 Å². The number of hydrogen-bond donors (Lipinski definition) is 1. The number of esters is 1. The third-order valence-corrected chi connectivity index (χ3v) is 3.37. The van der Waals surface area contributed by atoms with Crippen LogP contribution in [-0.2, 0) is 27.8 Å². The molecule has 0 atom stereocenters. The topological polar surface area (TPSA) is 46.5 Å². The highest BCUT2D eigenvalue weighted by Crippen LogP contribution is 2.36. The molecule has 0 heterocycles. The number of carbonyl (C=O) groups is 1. The molecule has 0 bridgehead atoms. The van der Waals surface area contributed by atoms with E-state index >= 15 is 0 Å². The predicted molar refractivity (Wildman–Crippen MR) is 81.5 cm³/mol. The number of phenolic OH excluding ortho intramolecular Hbond substituents is 1. The van der Waals surface area contributed by atoms with E-state index in [9.17, 15) is 23.1 Å². The van der Waals surface area contributed by atoms with E-state index in [1.165, 1.54) is 12.1 Å². The highest BCUT2D eigenvalue weighted by molar-refractivity contribution is 5.70. The summed E-state index contributed by atoms with van der Waals surface area (Å²) in [4.78, 5) is 11.4. The molecule has 1 aromatic rings. The third kappa shape index (κ3) is 6.12. The highest BCUT2D eigenvalue weighted by Gasteiger charge is 2.30. The molecule has 1 rings (SSSR count). The minimum atomic E-state index is -4.33. The molecule has 130 valence electrons. The van der Waals surface area contributed by atoms with Crippen LogP contribution in [-0.4, -0.2) is 23.9 Å². The molecule has 0 aliphatic carbocycles. The highest BCUT2D eigenvalue weighted by atomic mass is 19.4. The Balaban J connectivity index is 3.16. The summed E-state index contributed by atoms with van der Waals surface area (Å²) in [5, 5.41) is 10.4. The van der Waals surface area contributed by atoms with Crippen LogP contribution < -0.4 is 0 Å². The number of carbonyl (C=O) groups excluding carboxylic acids is 1. The Morgan fingerprint density at radius 2 is 1.83 bits per heavy atom. The summed E-state index contributed by atoms with van der Waals surface area (Å²) in [5.74, 6) is -0.488. The summed E-state index contributed by atoms with van der Waals surface area (Å²) >= 11 is 0. The van der Waals surface area contributed by atoms with E-state index in [1.54, 1.807) is 6.92 Å². The number of halogens is 3. The number of rotatable bonds is 5. The second kappa shape index (κ2) is 7.23. The number of benzene rings is 1. The standard InChI is InChI=1S/C17H23F3O3/c1-5-23-14(21)7-6-12-8-11(10-17(18,19)20)9-13(15(12)22)16(2,3)4/h8-9,22H,5-7,10H2,1-4H3. The van der Waals surface area contributed by atoms with Crippen molar-refractivity contribution in [1.82, 2.24) is 0 Å². The normalized spacial score (nSPS) is 12.3. The second-order valence-corrected chi connectivity index (χ2v) is 6.50. The number of alkyl halides is 3. The van der Waals surface area contributed by atoms with Crippen molar-refractivity contribution < 1.29 is 27.8 Å². The predicted octanol–water partition coefficient (Wildman–Crippen LogP) is 4.29. The maximum Gasteiger partial charge on any atom is 0.393 e. The lowest BCUT2D eigenvalue weighted by Gasteiger charge is -2.23. The minimum Gasteiger partial charge on any atom is -0.507 e. The summed E-state index contributed by atoms with van der Waals surface area (Å²) in [6, 6.07) is 2.70. The fraction of sp³-hybridized carbons (Fsp3) is 0.588.